The van der Waals surface area contributed by atoms with E-state index < -0.39 is 0 Å². The summed E-state index contributed by atoms with van der Waals surface area (Å²) in [6, 6.07) is 5.39. The lowest BCUT2D eigenvalue weighted by Gasteiger charge is -2.28. The third kappa shape index (κ3) is 5.94. The van der Waals surface area contributed by atoms with E-state index in [4.69, 9.17) is 33.7 Å². The number of halogens is 3. The fraction of sp³-hybridized carbons (Fsp3) is 0.533. The van der Waals surface area contributed by atoms with Crippen LogP contribution in [-0.4, -0.2) is 32.2 Å². The third-order valence-electron chi connectivity index (χ3n) is 3.38. The SMILES string of the molecule is COC(CN)CC(=O)NCC(C)(C)c1c(Cl)cccc1Cl.Cl. The summed E-state index contributed by atoms with van der Waals surface area (Å²) < 4.78 is 5.10. The molecule has 0 aliphatic rings. The fourth-order valence-corrected chi connectivity index (χ4v) is 3.00. The molecule has 7 heteroatoms. The summed E-state index contributed by atoms with van der Waals surface area (Å²) in [6.07, 6.45) is -0.0312. The van der Waals surface area contributed by atoms with E-state index in [0.29, 0.717) is 23.1 Å². The molecule has 0 spiro atoms. The zero-order valence-electron chi connectivity index (χ0n) is 13.0. The molecule has 0 aliphatic heterocycles. The number of carbonyl (C=O) groups excluding carboxylic acids is 1. The summed E-state index contributed by atoms with van der Waals surface area (Å²) >= 11 is 12.4. The van der Waals surface area contributed by atoms with Gasteiger partial charge in [-0.1, -0.05) is 43.1 Å². The molecule has 1 rings (SSSR count). The highest BCUT2D eigenvalue weighted by atomic mass is 35.5. The number of carbonyl (C=O) groups is 1. The van der Waals surface area contributed by atoms with E-state index in [1.165, 1.54) is 7.11 Å². The van der Waals surface area contributed by atoms with Crippen LogP contribution in [0.15, 0.2) is 18.2 Å². The summed E-state index contributed by atoms with van der Waals surface area (Å²) in [5.74, 6) is -0.108. The predicted octanol–water partition coefficient (Wildman–Crippen LogP) is 3.17. The van der Waals surface area contributed by atoms with Gasteiger partial charge in [-0.2, -0.15) is 0 Å². The minimum atomic E-state index is -0.379. The summed E-state index contributed by atoms with van der Waals surface area (Å²) in [5.41, 5.74) is 5.96. The van der Waals surface area contributed by atoms with Gasteiger partial charge in [-0.05, 0) is 17.7 Å². The molecule has 22 heavy (non-hydrogen) atoms. The summed E-state index contributed by atoms with van der Waals surface area (Å²) in [7, 11) is 1.54. The molecule has 126 valence electrons. The highest BCUT2D eigenvalue weighted by molar-refractivity contribution is 6.36. The topological polar surface area (TPSA) is 64.3 Å². The molecule has 1 aromatic carbocycles. The molecule has 4 nitrogen and oxygen atoms in total. The van der Waals surface area contributed by atoms with Crippen LogP contribution in [0.3, 0.4) is 0 Å². The first-order valence-electron chi connectivity index (χ1n) is 6.76. The van der Waals surface area contributed by atoms with E-state index in [2.05, 4.69) is 5.32 Å². The van der Waals surface area contributed by atoms with Gasteiger partial charge in [0.05, 0.1) is 12.5 Å². The molecular formula is C15H23Cl3N2O2. The Balaban J connectivity index is 0.00000441. The van der Waals surface area contributed by atoms with Crippen molar-refractivity contribution in [3.63, 3.8) is 0 Å². The van der Waals surface area contributed by atoms with Crippen molar-refractivity contribution >= 4 is 41.5 Å². The zero-order valence-corrected chi connectivity index (χ0v) is 15.3. The number of nitrogens with one attached hydrogen (secondary N) is 1. The molecule has 1 amide bonds. The van der Waals surface area contributed by atoms with Crippen molar-refractivity contribution < 1.29 is 9.53 Å². The van der Waals surface area contributed by atoms with Gasteiger partial charge in [0, 0.05) is 35.7 Å². The van der Waals surface area contributed by atoms with Crippen LogP contribution in [0.5, 0.6) is 0 Å². The third-order valence-corrected chi connectivity index (χ3v) is 4.01. The normalized spacial score (nSPS) is 12.5. The molecule has 0 saturated heterocycles. The number of benzene rings is 1. The first-order valence-corrected chi connectivity index (χ1v) is 7.51. The van der Waals surface area contributed by atoms with Crippen molar-refractivity contribution in [2.75, 3.05) is 20.2 Å². The second kappa shape index (κ2) is 9.58. The van der Waals surface area contributed by atoms with Gasteiger partial charge in [-0.3, -0.25) is 4.79 Å². The Kier molecular flexibility index (Phi) is 9.35. The van der Waals surface area contributed by atoms with Crippen molar-refractivity contribution in [3.8, 4) is 0 Å². The number of hydrogen-bond acceptors (Lipinski definition) is 3. The van der Waals surface area contributed by atoms with Gasteiger partial charge in [-0.15, -0.1) is 12.4 Å². The molecule has 0 fully saturated rings. The Morgan fingerprint density at radius 3 is 2.36 bits per heavy atom. The van der Waals surface area contributed by atoms with Gasteiger partial charge in [-0.25, -0.2) is 0 Å². The Morgan fingerprint density at radius 2 is 1.91 bits per heavy atom. The van der Waals surface area contributed by atoms with Crippen molar-refractivity contribution in [2.45, 2.75) is 31.8 Å². The van der Waals surface area contributed by atoms with Crippen molar-refractivity contribution in [1.29, 1.82) is 0 Å². The van der Waals surface area contributed by atoms with Crippen LogP contribution in [0.4, 0.5) is 0 Å². The first-order chi connectivity index (χ1) is 9.81. The van der Waals surface area contributed by atoms with Crippen LogP contribution in [0, 0.1) is 0 Å². The standard InChI is InChI=1S/C15H22Cl2N2O2.ClH/c1-15(2,14-11(16)5-4-6-12(14)17)9-19-13(20)7-10(8-18)21-3;/h4-6,10H,7-9,18H2,1-3H3,(H,19,20);1H. The van der Waals surface area contributed by atoms with Crippen LogP contribution in [0.25, 0.3) is 0 Å². The van der Waals surface area contributed by atoms with E-state index in [1.54, 1.807) is 18.2 Å². The molecular weight excluding hydrogens is 347 g/mol. The molecule has 1 unspecified atom stereocenters. The van der Waals surface area contributed by atoms with Gasteiger partial charge >= 0.3 is 0 Å². The summed E-state index contributed by atoms with van der Waals surface area (Å²) in [4.78, 5) is 11.9. The Labute approximate surface area is 148 Å². The van der Waals surface area contributed by atoms with Gasteiger partial charge in [0.1, 0.15) is 0 Å². The number of hydrogen-bond donors (Lipinski definition) is 2. The molecule has 0 bridgehead atoms. The molecule has 0 heterocycles. The van der Waals surface area contributed by atoms with E-state index >= 15 is 0 Å². The second-order valence-corrected chi connectivity index (χ2v) is 6.37. The second-order valence-electron chi connectivity index (χ2n) is 5.55. The van der Waals surface area contributed by atoms with Crippen molar-refractivity contribution in [3.05, 3.63) is 33.8 Å². The molecule has 0 aromatic heterocycles. The van der Waals surface area contributed by atoms with Crippen LogP contribution in [0.1, 0.15) is 25.8 Å². The van der Waals surface area contributed by atoms with Crippen LogP contribution >= 0.6 is 35.6 Å². The zero-order chi connectivity index (χ0) is 16.0. The molecule has 1 atom stereocenters. The Morgan fingerprint density at radius 1 is 1.36 bits per heavy atom. The van der Waals surface area contributed by atoms with Crippen molar-refractivity contribution in [2.24, 2.45) is 5.73 Å². The number of ether oxygens (including phenoxy) is 1. The van der Waals surface area contributed by atoms with E-state index in [9.17, 15) is 4.79 Å². The minimum absolute atomic E-state index is 0. The monoisotopic (exact) mass is 368 g/mol. The first kappa shape index (κ1) is 21.5. The van der Waals surface area contributed by atoms with Crippen LogP contribution in [0.2, 0.25) is 10.0 Å². The molecule has 0 aliphatic carbocycles. The number of nitrogens with two attached hydrogens (primary N) is 1. The lowest BCUT2D eigenvalue weighted by molar-refractivity contribution is -0.123. The average Bonchev–Trinajstić information content (AvgIpc) is 2.42. The lowest BCUT2D eigenvalue weighted by atomic mass is 9.84. The smallest absolute Gasteiger partial charge is 0.222 e. The molecule has 3 N–H and O–H groups in total. The maximum Gasteiger partial charge on any atom is 0.222 e. The number of methoxy groups -OCH3 is 1. The van der Waals surface area contributed by atoms with E-state index in [-0.39, 0.29) is 36.3 Å². The van der Waals surface area contributed by atoms with Gasteiger partial charge < -0.3 is 15.8 Å². The maximum atomic E-state index is 11.9. The van der Waals surface area contributed by atoms with Crippen molar-refractivity contribution in [1.82, 2.24) is 5.32 Å². The largest absolute Gasteiger partial charge is 0.380 e. The summed E-state index contributed by atoms with van der Waals surface area (Å²) in [6.45, 7) is 4.70. The predicted molar refractivity (Wildman–Crippen MR) is 94.2 cm³/mol. The van der Waals surface area contributed by atoms with Gasteiger partial charge in [0.15, 0.2) is 0 Å². The minimum Gasteiger partial charge on any atom is -0.380 e. The van der Waals surface area contributed by atoms with Gasteiger partial charge in [0.25, 0.3) is 0 Å². The Bertz CT molecular complexity index is 471. The van der Waals surface area contributed by atoms with Crippen LogP contribution < -0.4 is 11.1 Å². The quantitative estimate of drug-likeness (QED) is 0.776. The molecule has 0 radical (unpaired) electrons. The van der Waals surface area contributed by atoms with E-state index in [1.807, 2.05) is 13.8 Å². The summed E-state index contributed by atoms with van der Waals surface area (Å²) in [5, 5.41) is 4.07. The molecule has 1 aromatic rings. The maximum absolute atomic E-state index is 11.9. The Hall–Kier alpha value is -0.520. The highest BCUT2D eigenvalue weighted by Gasteiger charge is 2.26. The number of rotatable bonds is 7. The molecule has 0 saturated carbocycles. The number of amides is 1. The average molecular weight is 370 g/mol. The van der Waals surface area contributed by atoms with Gasteiger partial charge in [0.2, 0.25) is 5.91 Å². The fourth-order valence-electron chi connectivity index (χ4n) is 2.09. The lowest BCUT2D eigenvalue weighted by Crippen LogP contribution is -2.39. The van der Waals surface area contributed by atoms with Crippen LogP contribution in [-0.2, 0) is 14.9 Å². The van der Waals surface area contributed by atoms with E-state index in [0.717, 1.165) is 5.56 Å². The highest BCUT2D eigenvalue weighted by Crippen LogP contribution is 2.35.